The van der Waals surface area contributed by atoms with Crippen LogP contribution in [0.2, 0.25) is 0 Å². The second kappa shape index (κ2) is 7.76. The van der Waals surface area contributed by atoms with E-state index in [1.807, 2.05) is 0 Å². The maximum atomic E-state index is 12.4. The van der Waals surface area contributed by atoms with E-state index in [1.165, 1.54) is 9.24 Å². The van der Waals surface area contributed by atoms with Crippen LogP contribution in [0.15, 0.2) is 0 Å². The van der Waals surface area contributed by atoms with Gasteiger partial charge in [-0.1, -0.05) is 9.24 Å². The molecule has 0 heterocycles. The molecule has 0 amide bonds. The molecule has 15 heavy (non-hydrogen) atoms. The number of hydrogen-bond donors (Lipinski definition) is 0. The van der Waals surface area contributed by atoms with Crippen molar-refractivity contribution >= 4 is 14.5 Å². The first kappa shape index (κ1) is 20.9. The van der Waals surface area contributed by atoms with Gasteiger partial charge in [-0.2, -0.15) is 0 Å². The van der Waals surface area contributed by atoms with Crippen LogP contribution in [0.1, 0.15) is 0 Å². The number of benzene rings is 1. The number of halogens is 7. The molecule has 0 radical (unpaired) electrons. The maximum Gasteiger partial charge on any atom is 2.00 e. The summed E-state index contributed by atoms with van der Waals surface area (Å²) in [6.07, 6.45) is 0. The molecule has 1 rings (SSSR count). The van der Waals surface area contributed by atoms with Crippen molar-refractivity contribution in [2.24, 2.45) is 0 Å². The van der Waals surface area contributed by atoms with Gasteiger partial charge in [-0.3, -0.25) is 0 Å². The van der Waals surface area contributed by atoms with Crippen molar-refractivity contribution in [1.82, 2.24) is 0 Å². The molecule has 0 N–H and O–H groups in total. The molecule has 0 fully saturated rings. The quantitative estimate of drug-likeness (QED) is 0.142. The summed E-state index contributed by atoms with van der Waals surface area (Å²) in [6.45, 7) is 0. The minimum absolute atomic E-state index is 0. The Kier molecular flexibility index (Phi) is 10.8. The second-order valence-corrected chi connectivity index (χ2v) is 2.56. The average molecular weight is 377 g/mol. The van der Waals surface area contributed by atoms with E-state index in [2.05, 4.69) is 0 Å². The van der Waals surface area contributed by atoms with Gasteiger partial charge >= 0.3 is 20.4 Å². The van der Waals surface area contributed by atoms with Crippen LogP contribution in [0.3, 0.4) is 0 Å². The largest absolute Gasteiger partial charge is 2.00 e. The third-order valence-corrected chi connectivity index (χ3v) is 1.75. The first-order chi connectivity index (χ1) is 5.46. The van der Waals surface area contributed by atoms with Crippen LogP contribution in [0, 0.1) is 29.1 Å². The second-order valence-electron chi connectivity index (χ2n) is 1.98. The summed E-state index contributed by atoms with van der Waals surface area (Å²) < 4.78 is 61.5. The average Bonchev–Trinajstić information content (AvgIpc) is 2.08. The van der Waals surface area contributed by atoms with Crippen molar-refractivity contribution in [3.05, 3.63) is 29.1 Å². The molecule has 0 saturated carbocycles. The van der Waals surface area contributed by atoms with E-state index in [0.29, 0.717) is 0 Å². The zero-order valence-corrected chi connectivity index (χ0v) is 10.8. The van der Waals surface area contributed by atoms with Crippen LogP contribution in [-0.2, 0) is 20.4 Å². The summed E-state index contributed by atoms with van der Waals surface area (Å²) >= 11 is 0. The van der Waals surface area contributed by atoms with Crippen LogP contribution in [0.5, 0.6) is 0 Å². The van der Waals surface area contributed by atoms with Gasteiger partial charge in [-0.15, -0.1) is 0 Å². The predicted molar refractivity (Wildman–Crippen MR) is 35.6 cm³/mol. The fourth-order valence-electron chi connectivity index (χ4n) is 0.622. The Morgan fingerprint density at radius 3 is 1.07 bits per heavy atom. The molecule has 1 unspecified atom stereocenters. The van der Waals surface area contributed by atoms with E-state index < -0.39 is 34.4 Å². The molecule has 0 nitrogen and oxygen atoms in total. The monoisotopic (exact) mass is 376 g/mol. The van der Waals surface area contributed by atoms with Crippen LogP contribution in [-0.4, -0.2) is 0 Å². The molecule has 0 saturated heterocycles. The zero-order valence-electron chi connectivity index (χ0n) is 6.54. The normalized spacial score (nSPS) is 8.40. The predicted octanol–water partition coefficient (Wildman–Crippen LogP) is -4.11. The van der Waals surface area contributed by atoms with E-state index in [-0.39, 0.29) is 45.2 Å². The van der Waals surface area contributed by atoms with Crippen molar-refractivity contribution in [3.63, 3.8) is 0 Å². The van der Waals surface area contributed by atoms with Gasteiger partial charge in [0.2, 0.25) is 5.82 Å². The maximum absolute atomic E-state index is 12.4. The Morgan fingerprint density at radius 1 is 0.600 bits per heavy atom. The molecular formula is C6H2Cl2F5PPd. The van der Waals surface area contributed by atoms with Gasteiger partial charge in [0.25, 0.3) is 0 Å². The van der Waals surface area contributed by atoms with Gasteiger partial charge in [-0.25, -0.2) is 22.0 Å². The van der Waals surface area contributed by atoms with E-state index in [9.17, 15) is 22.0 Å². The van der Waals surface area contributed by atoms with Gasteiger partial charge in [0.15, 0.2) is 23.3 Å². The number of hydrogen-bond acceptors (Lipinski definition) is 0. The van der Waals surface area contributed by atoms with Gasteiger partial charge < -0.3 is 24.8 Å². The van der Waals surface area contributed by atoms with E-state index in [4.69, 9.17) is 0 Å². The SMILES string of the molecule is Fc1c(F)c(F)c(P)c(F)c1F.[Cl-].[Cl-].[Pd+2]. The smallest absolute Gasteiger partial charge is 1.00 e. The molecule has 0 aromatic heterocycles. The van der Waals surface area contributed by atoms with Crippen molar-refractivity contribution in [3.8, 4) is 0 Å². The Morgan fingerprint density at radius 2 is 0.800 bits per heavy atom. The molecule has 90 valence electrons. The van der Waals surface area contributed by atoms with Gasteiger partial charge in [0.1, 0.15) is 0 Å². The van der Waals surface area contributed by atoms with Crippen LogP contribution in [0.25, 0.3) is 0 Å². The number of rotatable bonds is 0. The van der Waals surface area contributed by atoms with Crippen molar-refractivity contribution in [2.45, 2.75) is 0 Å². The van der Waals surface area contributed by atoms with E-state index >= 15 is 0 Å². The topological polar surface area (TPSA) is 0 Å². The van der Waals surface area contributed by atoms with Crippen molar-refractivity contribution in [1.29, 1.82) is 0 Å². The Hall–Kier alpha value is 0.542. The van der Waals surface area contributed by atoms with Crippen LogP contribution >= 0.6 is 9.24 Å². The Bertz CT molecular complexity index is 244. The van der Waals surface area contributed by atoms with Crippen molar-refractivity contribution in [2.75, 3.05) is 0 Å². The molecule has 0 aliphatic rings. The molecule has 0 bridgehead atoms. The first-order valence-electron chi connectivity index (χ1n) is 2.73. The first-order valence-corrected chi connectivity index (χ1v) is 3.31. The molecule has 1 aromatic rings. The summed E-state index contributed by atoms with van der Waals surface area (Å²) in [5.74, 6) is -9.65. The molecule has 0 spiro atoms. The Labute approximate surface area is 111 Å². The Balaban J connectivity index is -0.000000480. The van der Waals surface area contributed by atoms with Crippen LogP contribution in [0.4, 0.5) is 22.0 Å². The summed E-state index contributed by atoms with van der Waals surface area (Å²) in [4.78, 5) is 0. The minimum atomic E-state index is -2.14. The molecular weight excluding hydrogens is 375 g/mol. The summed E-state index contributed by atoms with van der Waals surface area (Å²) in [5, 5.41) is -0.952. The van der Waals surface area contributed by atoms with E-state index in [0.717, 1.165) is 0 Å². The van der Waals surface area contributed by atoms with Crippen LogP contribution < -0.4 is 30.1 Å². The minimum Gasteiger partial charge on any atom is -1.00 e. The third-order valence-electron chi connectivity index (χ3n) is 1.24. The molecule has 1 atom stereocenters. The van der Waals surface area contributed by atoms with Gasteiger partial charge in [0, 0.05) is 5.30 Å². The molecule has 0 aliphatic carbocycles. The third kappa shape index (κ3) is 3.80. The summed E-state index contributed by atoms with van der Waals surface area (Å²) in [6, 6.07) is 0. The molecule has 0 aliphatic heterocycles. The van der Waals surface area contributed by atoms with Gasteiger partial charge in [-0.05, 0) is 0 Å². The van der Waals surface area contributed by atoms with Gasteiger partial charge in [0.05, 0.1) is 0 Å². The summed E-state index contributed by atoms with van der Waals surface area (Å²) in [7, 11) is 1.44. The van der Waals surface area contributed by atoms with Crippen molar-refractivity contribution < 1.29 is 67.2 Å². The molecule has 9 heteroatoms. The zero-order chi connectivity index (χ0) is 9.46. The summed E-state index contributed by atoms with van der Waals surface area (Å²) in [5.41, 5.74) is 0. The fourth-order valence-corrected chi connectivity index (χ4v) is 0.875. The van der Waals surface area contributed by atoms with E-state index in [1.54, 1.807) is 0 Å². The molecule has 1 aromatic carbocycles. The standard InChI is InChI=1S/C6H2F5P.2ClH.Pd/c7-1-2(8)4(10)6(12)5(11)3(1)9;;;/h12H2;2*1H;/q;;;+2/p-2. The fraction of sp³-hybridized carbons (Fsp3) is 0.